The smallest absolute Gasteiger partial charge is 0.239 e. The molecule has 0 radical (unpaired) electrons. The molecule has 1 saturated heterocycles. The predicted octanol–water partition coefficient (Wildman–Crippen LogP) is 1.01. The van der Waals surface area contributed by atoms with Crippen molar-refractivity contribution >= 4 is 5.91 Å². The van der Waals surface area contributed by atoms with E-state index in [2.05, 4.69) is 5.32 Å². The van der Waals surface area contributed by atoms with E-state index in [-0.39, 0.29) is 18.0 Å². The Labute approximate surface area is 98.3 Å². The molecule has 4 heteroatoms. The van der Waals surface area contributed by atoms with E-state index < -0.39 is 0 Å². The van der Waals surface area contributed by atoms with Crippen molar-refractivity contribution in [3.63, 3.8) is 0 Å². The van der Waals surface area contributed by atoms with E-state index in [4.69, 9.17) is 4.74 Å². The maximum Gasteiger partial charge on any atom is 0.239 e. The lowest BCUT2D eigenvalue weighted by molar-refractivity contribution is -0.132. The lowest BCUT2D eigenvalue weighted by Gasteiger charge is -2.24. The zero-order chi connectivity index (χ0) is 12.0. The largest absolute Gasteiger partial charge is 0.380 e. The van der Waals surface area contributed by atoms with Crippen LogP contribution >= 0.6 is 0 Å². The molecule has 1 amide bonds. The summed E-state index contributed by atoms with van der Waals surface area (Å²) in [6.07, 6.45) is 2.29. The SMILES string of the molecule is CCOCC(C)NC(C)C(=O)N1CCCC1. The van der Waals surface area contributed by atoms with Gasteiger partial charge in [-0.05, 0) is 33.6 Å². The Kier molecular flexibility index (Phi) is 5.77. The molecule has 4 nitrogen and oxygen atoms in total. The summed E-state index contributed by atoms with van der Waals surface area (Å²) in [5.74, 6) is 0.223. The van der Waals surface area contributed by atoms with E-state index in [1.54, 1.807) is 0 Å². The van der Waals surface area contributed by atoms with Gasteiger partial charge in [-0.3, -0.25) is 4.79 Å². The molecule has 2 atom stereocenters. The second-order valence-electron chi connectivity index (χ2n) is 4.48. The molecule has 0 aromatic rings. The van der Waals surface area contributed by atoms with Crippen LogP contribution in [0.2, 0.25) is 0 Å². The highest BCUT2D eigenvalue weighted by atomic mass is 16.5. The average Bonchev–Trinajstić information content (AvgIpc) is 2.78. The topological polar surface area (TPSA) is 41.6 Å². The number of nitrogens with one attached hydrogen (secondary N) is 1. The van der Waals surface area contributed by atoms with Crippen LogP contribution in [0, 0.1) is 0 Å². The number of ether oxygens (including phenoxy) is 1. The summed E-state index contributed by atoms with van der Waals surface area (Å²) in [6, 6.07) is 0.120. The fourth-order valence-electron chi connectivity index (χ4n) is 2.05. The number of nitrogens with zero attached hydrogens (tertiary/aromatic N) is 1. The number of hydrogen-bond acceptors (Lipinski definition) is 3. The number of carbonyl (C=O) groups excluding carboxylic acids is 1. The van der Waals surface area contributed by atoms with Gasteiger partial charge in [0.05, 0.1) is 12.6 Å². The van der Waals surface area contributed by atoms with E-state index in [9.17, 15) is 4.79 Å². The molecule has 1 aliphatic rings. The fourth-order valence-corrected chi connectivity index (χ4v) is 2.05. The first kappa shape index (κ1) is 13.5. The molecule has 0 bridgehead atoms. The van der Waals surface area contributed by atoms with Crippen molar-refractivity contribution in [3.8, 4) is 0 Å². The van der Waals surface area contributed by atoms with Gasteiger partial charge in [0, 0.05) is 25.7 Å². The molecule has 0 aliphatic carbocycles. The minimum absolute atomic E-state index is 0.103. The molecular formula is C12H24N2O2. The van der Waals surface area contributed by atoms with E-state index in [0.717, 1.165) is 32.5 Å². The molecule has 1 N–H and O–H groups in total. The van der Waals surface area contributed by atoms with Gasteiger partial charge in [-0.15, -0.1) is 0 Å². The molecule has 1 rings (SSSR count). The van der Waals surface area contributed by atoms with Crippen LogP contribution in [0.3, 0.4) is 0 Å². The quantitative estimate of drug-likeness (QED) is 0.738. The standard InChI is InChI=1S/C12H24N2O2/c1-4-16-9-10(2)13-11(3)12(15)14-7-5-6-8-14/h10-11,13H,4-9H2,1-3H3. The van der Waals surface area contributed by atoms with Crippen LogP contribution in [0.1, 0.15) is 33.6 Å². The molecule has 0 spiro atoms. The van der Waals surface area contributed by atoms with Crippen LogP contribution in [0.15, 0.2) is 0 Å². The van der Waals surface area contributed by atoms with Gasteiger partial charge >= 0.3 is 0 Å². The molecule has 0 saturated carbocycles. The Balaban J connectivity index is 2.27. The van der Waals surface area contributed by atoms with Crippen molar-refractivity contribution in [3.05, 3.63) is 0 Å². The van der Waals surface area contributed by atoms with Crippen molar-refractivity contribution in [1.29, 1.82) is 0 Å². The normalized spacial score (nSPS) is 19.8. The Morgan fingerprint density at radius 3 is 2.56 bits per heavy atom. The monoisotopic (exact) mass is 228 g/mol. The van der Waals surface area contributed by atoms with Gasteiger partial charge in [0.2, 0.25) is 5.91 Å². The van der Waals surface area contributed by atoms with Gasteiger partial charge < -0.3 is 15.0 Å². The lowest BCUT2D eigenvalue weighted by Crippen LogP contribution is -2.47. The summed E-state index contributed by atoms with van der Waals surface area (Å²) in [5.41, 5.74) is 0. The van der Waals surface area contributed by atoms with Crippen LogP contribution < -0.4 is 5.32 Å². The molecule has 0 aromatic heterocycles. The van der Waals surface area contributed by atoms with Gasteiger partial charge in [-0.2, -0.15) is 0 Å². The van der Waals surface area contributed by atoms with Crippen LogP contribution in [0.4, 0.5) is 0 Å². The molecule has 16 heavy (non-hydrogen) atoms. The third-order valence-corrected chi connectivity index (χ3v) is 2.89. The Morgan fingerprint density at radius 2 is 2.00 bits per heavy atom. The van der Waals surface area contributed by atoms with E-state index in [1.165, 1.54) is 0 Å². The Hall–Kier alpha value is -0.610. The van der Waals surface area contributed by atoms with E-state index in [1.807, 2.05) is 25.7 Å². The highest BCUT2D eigenvalue weighted by molar-refractivity contribution is 5.81. The zero-order valence-corrected chi connectivity index (χ0v) is 10.7. The lowest BCUT2D eigenvalue weighted by atomic mass is 10.2. The van der Waals surface area contributed by atoms with Gasteiger partial charge in [-0.25, -0.2) is 0 Å². The van der Waals surface area contributed by atoms with Crippen LogP contribution in [-0.4, -0.2) is 49.2 Å². The van der Waals surface area contributed by atoms with Crippen LogP contribution in [-0.2, 0) is 9.53 Å². The van der Waals surface area contributed by atoms with Crippen molar-refractivity contribution in [2.24, 2.45) is 0 Å². The summed E-state index contributed by atoms with van der Waals surface area (Å²) < 4.78 is 5.31. The highest BCUT2D eigenvalue weighted by Gasteiger charge is 2.23. The third kappa shape index (κ3) is 4.10. The van der Waals surface area contributed by atoms with Gasteiger partial charge in [0.15, 0.2) is 0 Å². The van der Waals surface area contributed by atoms with Gasteiger partial charge in [0.1, 0.15) is 0 Å². The summed E-state index contributed by atoms with van der Waals surface area (Å²) in [5, 5.41) is 3.28. The maximum absolute atomic E-state index is 12.0. The summed E-state index contributed by atoms with van der Waals surface area (Å²) in [7, 11) is 0. The third-order valence-electron chi connectivity index (χ3n) is 2.89. The number of likely N-dealkylation sites (tertiary alicyclic amines) is 1. The average molecular weight is 228 g/mol. The van der Waals surface area contributed by atoms with E-state index in [0.29, 0.717) is 6.61 Å². The van der Waals surface area contributed by atoms with Crippen LogP contribution in [0.25, 0.3) is 0 Å². The van der Waals surface area contributed by atoms with Crippen molar-refractivity contribution in [1.82, 2.24) is 10.2 Å². The molecule has 0 aromatic carbocycles. The maximum atomic E-state index is 12.0. The number of rotatable bonds is 6. The minimum Gasteiger partial charge on any atom is -0.380 e. The van der Waals surface area contributed by atoms with Gasteiger partial charge in [0.25, 0.3) is 0 Å². The summed E-state index contributed by atoms with van der Waals surface area (Å²) in [4.78, 5) is 13.9. The van der Waals surface area contributed by atoms with Crippen molar-refractivity contribution < 1.29 is 9.53 Å². The first-order valence-electron chi connectivity index (χ1n) is 6.27. The van der Waals surface area contributed by atoms with Crippen molar-refractivity contribution in [2.75, 3.05) is 26.3 Å². The number of hydrogen-bond donors (Lipinski definition) is 1. The molecule has 1 aliphatic heterocycles. The first-order valence-corrected chi connectivity index (χ1v) is 6.27. The van der Waals surface area contributed by atoms with Crippen LogP contribution in [0.5, 0.6) is 0 Å². The molecule has 2 unspecified atom stereocenters. The highest BCUT2D eigenvalue weighted by Crippen LogP contribution is 2.09. The summed E-state index contributed by atoms with van der Waals surface area (Å²) >= 11 is 0. The number of amides is 1. The minimum atomic E-state index is -0.103. The molecule has 1 fully saturated rings. The number of carbonyl (C=O) groups is 1. The Morgan fingerprint density at radius 1 is 1.38 bits per heavy atom. The predicted molar refractivity (Wildman–Crippen MR) is 64.4 cm³/mol. The fraction of sp³-hybridized carbons (Fsp3) is 0.917. The second-order valence-corrected chi connectivity index (χ2v) is 4.48. The van der Waals surface area contributed by atoms with Gasteiger partial charge in [-0.1, -0.05) is 0 Å². The van der Waals surface area contributed by atoms with E-state index >= 15 is 0 Å². The molecular weight excluding hydrogens is 204 g/mol. The zero-order valence-electron chi connectivity index (χ0n) is 10.7. The van der Waals surface area contributed by atoms with Crippen molar-refractivity contribution in [2.45, 2.75) is 45.7 Å². The second kappa shape index (κ2) is 6.86. The molecule has 1 heterocycles. The molecule has 94 valence electrons. The Bertz CT molecular complexity index is 215. The summed E-state index contributed by atoms with van der Waals surface area (Å²) in [6.45, 7) is 9.18. The first-order chi connectivity index (χ1) is 7.65.